The molecule has 0 spiro atoms. The first-order valence-electron chi connectivity index (χ1n) is 7.61. The molecule has 1 aliphatic rings. The zero-order chi connectivity index (χ0) is 16.7. The van der Waals surface area contributed by atoms with Crippen molar-refractivity contribution in [1.82, 2.24) is 15.1 Å². The van der Waals surface area contributed by atoms with Crippen molar-refractivity contribution in [3.05, 3.63) is 24.2 Å². The van der Waals surface area contributed by atoms with Crippen molar-refractivity contribution in [2.45, 2.75) is 13.3 Å². The zero-order valence-electron chi connectivity index (χ0n) is 13.1. The number of furan rings is 1. The maximum atomic E-state index is 12.1. The number of nitrogens with zero attached hydrogens (tertiary/aromatic N) is 2. The van der Waals surface area contributed by atoms with E-state index in [1.165, 1.54) is 12.5 Å². The lowest BCUT2D eigenvalue weighted by atomic mass is 10.2. The lowest BCUT2D eigenvalue weighted by molar-refractivity contribution is -0.132. The van der Waals surface area contributed by atoms with Crippen molar-refractivity contribution in [3.63, 3.8) is 0 Å². The average molecular weight is 323 g/mol. The molecular formula is C15H21N3O5. The third kappa shape index (κ3) is 4.73. The number of piperazine rings is 1. The number of rotatable bonds is 5. The molecule has 8 heteroatoms. The molecule has 1 aromatic rings. The van der Waals surface area contributed by atoms with E-state index >= 15 is 0 Å². The second kappa shape index (κ2) is 8.21. The van der Waals surface area contributed by atoms with Crippen LogP contribution >= 0.6 is 0 Å². The Morgan fingerprint density at radius 1 is 1.22 bits per heavy atom. The summed E-state index contributed by atoms with van der Waals surface area (Å²) in [7, 11) is 0. The van der Waals surface area contributed by atoms with Crippen LogP contribution in [-0.4, -0.2) is 67.0 Å². The fourth-order valence-electron chi connectivity index (χ4n) is 2.29. The number of hydrogen-bond acceptors (Lipinski definition) is 5. The van der Waals surface area contributed by atoms with E-state index in [2.05, 4.69) is 5.32 Å². The highest BCUT2D eigenvalue weighted by Crippen LogP contribution is 2.06. The Hall–Kier alpha value is -2.51. The van der Waals surface area contributed by atoms with Gasteiger partial charge in [0.1, 0.15) is 6.26 Å². The Bertz CT molecular complexity index is 535. The fourth-order valence-corrected chi connectivity index (χ4v) is 2.29. The summed E-state index contributed by atoms with van der Waals surface area (Å²) in [6.45, 7) is 4.25. The van der Waals surface area contributed by atoms with E-state index in [9.17, 15) is 14.4 Å². The smallest absolute Gasteiger partial charge is 0.409 e. The van der Waals surface area contributed by atoms with E-state index in [0.29, 0.717) is 38.3 Å². The van der Waals surface area contributed by atoms with Gasteiger partial charge in [-0.15, -0.1) is 0 Å². The summed E-state index contributed by atoms with van der Waals surface area (Å²) in [5.41, 5.74) is 0.431. The summed E-state index contributed by atoms with van der Waals surface area (Å²) in [5.74, 6) is -0.306. The summed E-state index contributed by atoms with van der Waals surface area (Å²) in [6.07, 6.45) is 2.66. The quantitative estimate of drug-likeness (QED) is 0.861. The predicted octanol–water partition coefficient (Wildman–Crippen LogP) is 0.700. The number of carbonyl (C=O) groups is 3. The van der Waals surface area contributed by atoms with Gasteiger partial charge in [-0.05, 0) is 13.0 Å². The van der Waals surface area contributed by atoms with Gasteiger partial charge in [-0.2, -0.15) is 0 Å². The Labute approximate surface area is 134 Å². The monoisotopic (exact) mass is 323 g/mol. The van der Waals surface area contributed by atoms with Gasteiger partial charge in [0.15, 0.2) is 0 Å². The summed E-state index contributed by atoms with van der Waals surface area (Å²) in [6, 6.07) is 1.56. The van der Waals surface area contributed by atoms with Crippen molar-refractivity contribution in [2.24, 2.45) is 0 Å². The van der Waals surface area contributed by atoms with E-state index < -0.39 is 0 Å². The van der Waals surface area contributed by atoms with Crippen molar-refractivity contribution in [1.29, 1.82) is 0 Å². The molecule has 0 aromatic carbocycles. The topological polar surface area (TPSA) is 92.1 Å². The Kier molecular flexibility index (Phi) is 6.02. The first kappa shape index (κ1) is 16.9. The van der Waals surface area contributed by atoms with Crippen LogP contribution in [0, 0.1) is 0 Å². The molecular weight excluding hydrogens is 302 g/mol. The van der Waals surface area contributed by atoms with Crippen molar-refractivity contribution >= 4 is 17.9 Å². The highest BCUT2D eigenvalue weighted by molar-refractivity contribution is 5.94. The molecule has 0 aliphatic carbocycles. The molecule has 2 heterocycles. The van der Waals surface area contributed by atoms with Crippen LogP contribution in [0.3, 0.4) is 0 Å². The second-order valence-electron chi connectivity index (χ2n) is 5.08. The Balaban J connectivity index is 1.67. The minimum absolute atomic E-state index is 0.0407. The molecule has 0 radical (unpaired) electrons. The first-order valence-corrected chi connectivity index (χ1v) is 7.61. The van der Waals surface area contributed by atoms with Gasteiger partial charge >= 0.3 is 6.09 Å². The summed E-state index contributed by atoms with van der Waals surface area (Å²) in [5, 5.41) is 2.67. The minimum Gasteiger partial charge on any atom is -0.472 e. The van der Waals surface area contributed by atoms with Crippen LogP contribution in [0.1, 0.15) is 23.7 Å². The van der Waals surface area contributed by atoms with E-state index in [1.807, 2.05) is 0 Å². The molecule has 8 nitrogen and oxygen atoms in total. The van der Waals surface area contributed by atoms with Crippen molar-refractivity contribution in [3.8, 4) is 0 Å². The molecule has 3 amide bonds. The summed E-state index contributed by atoms with van der Waals surface area (Å²) >= 11 is 0. The maximum absolute atomic E-state index is 12.1. The molecule has 1 aromatic heterocycles. The van der Waals surface area contributed by atoms with E-state index in [1.54, 1.807) is 22.8 Å². The predicted molar refractivity (Wildman–Crippen MR) is 80.8 cm³/mol. The Morgan fingerprint density at radius 2 is 1.91 bits per heavy atom. The van der Waals surface area contributed by atoms with Gasteiger partial charge in [0.05, 0.1) is 18.4 Å². The largest absolute Gasteiger partial charge is 0.472 e. The molecule has 126 valence electrons. The third-order valence-electron chi connectivity index (χ3n) is 3.57. The van der Waals surface area contributed by atoms with Crippen LogP contribution in [0.2, 0.25) is 0 Å². The van der Waals surface area contributed by atoms with Crippen LogP contribution in [0.5, 0.6) is 0 Å². The molecule has 0 atom stereocenters. The van der Waals surface area contributed by atoms with Crippen LogP contribution in [-0.2, 0) is 9.53 Å². The van der Waals surface area contributed by atoms with Gasteiger partial charge in [0, 0.05) is 39.1 Å². The van der Waals surface area contributed by atoms with E-state index in [4.69, 9.17) is 9.15 Å². The molecule has 0 unspecified atom stereocenters. The van der Waals surface area contributed by atoms with Gasteiger partial charge in [-0.25, -0.2) is 4.79 Å². The molecule has 0 saturated carbocycles. The number of amides is 3. The summed E-state index contributed by atoms with van der Waals surface area (Å²) in [4.78, 5) is 38.6. The van der Waals surface area contributed by atoms with Crippen LogP contribution in [0.4, 0.5) is 4.79 Å². The molecule has 1 N–H and O–H groups in total. The average Bonchev–Trinajstić information content (AvgIpc) is 3.09. The SMILES string of the molecule is CCOC(=O)N1CCN(C(=O)CCNC(=O)c2ccoc2)CC1. The highest BCUT2D eigenvalue weighted by atomic mass is 16.6. The van der Waals surface area contributed by atoms with Crippen molar-refractivity contribution < 1.29 is 23.5 Å². The first-order chi connectivity index (χ1) is 11.1. The zero-order valence-corrected chi connectivity index (χ0v) is 13.1. The van der Waals surface area contributed by atoms with Crippen molar-refractivity contribution in [2.75, 3.05) is 39.3 Å². The molecule has 1 aliphatic heterocycles. The highest BCUT2D eigenvalue weighted by Gasteiger charge is 2.24. The van der Waals surface area contributed by atoms with Gasteiger partial charge in [0.2, 0.25) is 5.91 Å². The Morgan fingerprint density at radius 3 is 2.52 bits per heavy atom. The number of carbonyl (C=O) groups excluding carboxylic acids is 3. The number of ether oxygens (including phenoxy) is 1. The third-order valence-corrected chi connectivity index (χ3v) is 3.57. The van der Waals surface area contributed by atoms with Crippen LogP contribution in [0.15, 0.2) is 23.0 Å². The normalized spacial score (nSPS) is 14.5. The molecule has 23 heavy (non-hydrogen) atoms. The minimum atomic E-state index is -0.341. The van der Waals surface area contributed by atoms with E-state index in [-0.39, 0.29) is 30.9 Å². The van der Waals surface area contributed by atoms with Crippen LogP contribution in [0.25, 0.3) is 0 Å². The number of nitrogens with one attached hydrogen (secondary N) is 1. The fraction of sp³-hybridized carbons (Fsp3) is 0.533. The molecule has 0 bridgehead atoms. The van der Waals surface area contributed by atoms with Gasteiger partial charge in [-0.3, -0.25) is 9.59 Å². The summed E-state index contributed by atoms with van der Waals surface area (Å²) < 4.78 is 9.76. The van der Waals surface area contributed by atoms with Crippen LogP contribution < -0.4 is 5.32 Å². The lowest BCUT2D eigenvalue weighted by Crippen LogP contribution is -2.51. The lowest BCUT2D eigenvalue weighted by Gasteiger charge is -2.34. The van der Waals surface area contributed by atoms with Gasteiger partial charge in [-0.1, -0.05) is 0 Å². The molecule has 1 fully saturated rings. The van der Waals surface area contributed by atoms with E-state index in [0.717, 1.165) is 0 Å². The molecule has 2 rings (SSSR count). The van der Waals surface area contributed by atoms with Gasteiger partial charge in [0.25, 0.3) is 5.91 Å². The second-order valence-corrected chi connectivity index (χ2v) is 5.08. The standard InChI is InChI=1S/C15H21N3O5/c1-2-23-15(21)18-8-6-17(7-9-18)13(19)3-5-16-14(20)12-4-10-22-11-12/h4,10-11H,2-3,5-9H2,1H3,(H,16,20). The molecule has 1 saturated heterocycles. The number of hydrogen-bond donors (Lipinski definition) is 1. The van der Waals surface area contributed by atoms with Gasteiger partial charge < -0.3 is 24.3 Å². The maximum Gasteiger partial charge on any atom is 0.409 e.